The van der Waals surface area contributed by atoms with Crippen molar-refractivity contribution >= 4 is 5.91 Å². The molecule has 2 heterocycles. The molecule has 0 radical (unpaired) electrons. The molecule has 1 aliphatic heterocycles. The van der Waals surface area contributed by atoms with Crippen LogP contribution in [0.3, 0.4) is 0 Å². The zero-order valence-electron chi connectivity index (χ0n) is 13.6. The summed E-state index contributed by atoms with van der Waals surface area (Å²) in [6.07, 6.45) is 1.60. The summed E-state index contributed by atoms with van der Waals surface area (Å²) >= 11 is 0. The van der Waals surface area contributed by atoms with Gasteiger partial charge < -0.3 is 10.0 Å². The van der Waals surface area contributed by atoms with E-state index in [1.807, 2.05) is 6.92 Å². The summed E-state index contributed by atoms with van der Waals surface area (Å²) in [6, 6.07) is 0. The fourth-order valence-electron chi connectivity index (χ4n) is 2.98. The minimum absolute atomic E-state index is 0.141. The van der Waals surface area contributed by atoms with Gasteiger partial charge in [-0.05, 0) is 38.2 Å². The van der Waals surface area contributed by atoms with E-state index in [1.54, 1.807) is 4.90 Å². The highest BCUT2D eigenvalue weighted by Crippen LogP contribution is 2.18. The van der Waals surface area contributed by atoms with Gasteiger partial charge in [-0.25, -0.2) is 0 Å². The van der Waals surface area contributed by atoms with Crippen LogP contribution in [0.25, 0.3) is 0 Å². The van der Waals surface area contributed by atoms with Crippen LogP contribution >= 0.6 is 0 Å². The number of β-amino-alcohol motifs (C(OH)–C–C–N with tert-alkyl or cyclic N) is 1. The Morgan fingerprint density at radius 2 is 2.14 bits per heavy atom. The molecule has 1 atom stereocenters. The monoisotopic (exact) mass is 293 g/mol. The number of amides is 1. The number of aliphatic hydroxyl groups is 1. The third-order valence-corrected chi connectivity index (χ3v) is 4.17. The number of aryl methyl sites for hydroxylation is 1. The highest BCUT2D eigenvalue weighted by molar-refractivity contribution is 5.76. The second-order valence-corrected chi connectivity index (χ2v) is 6.51. The summed E-state index contributed by atoms with van der Waals surface area (Å²) in [4.78, 5) is 13.9. The van der Waals surface area contributed by atoms with E-state index in [4.69, 9.17) is 0 Å². The molecule has 21 heavy (non-hydrogen) atoms. The van der Waals surface area contributed by atoms with Crippen LogP contribution in [-0.2, 0) is 17.8 Å². The zero-order valence-corrected chi connectivity index (χ0v) is 13.6. The van der Waals surface area contributed by atoms with E-state index < -0.39 is 0 Å². The molecular formula is C16H27N3O2. The summed E-state index contributed by atoms with van der Waals surface area (Å²) in [6.45, 7) is 10.6. The van der Waals surface area contributed by atoms with Gasteiger partial charge in [0.1, 0.15) is 0 Å². The smallest absolute Gasteiger partial charge is 0.222 e. The number of likely N-dealkylation sites (tertiary alicyclic amines) is 1. The highest BCUT2D eigenvalue weighted by Gasteiger charge is 2.24. The molecule has 1 saturated heterocycles. The molecule has 0 unspecified atom stereocenters. The van der Waals surface area contributed by atoms with E-state index in [1.165, 1.54) is 11.3 Å². The summed E-state index contributed by atoms with van der Waals surface area (Å²) in [5.74, 6) is 0.700. The van der Waals surface area contributed by atoms with Crippen molar-refractivity contribution in [3.05, 3.63) is 17.0 Å². The van der Waals surface area contributed by atoms with Crippen molar-refractivity contribution in [1.29, 1.82) is 0 Å². The first-order chi connectivity index (χ1) is 9.88. The van der Waals surface area contributed by atoms with Crippen LogP contribution in [0.2, 0.25) is 0 Å². The van der Waals surface area contributed by atoms with Gasteiger partial charge in [0.25, 0.3) is 0 Å². The summed E-state index contributed by atoms with van der Waals surface area (Å²) < 4.78 is 2.05. The van der Waals surface area contributed by atoms with Gasteiger partial charge in [0.2, 0.25) is 5.91 Å². The second kappa shape index (κ2) is 6.60. The summed E-state index contributed by atoms with van der Waals surface area (Å²) in [7, 11) is 0. The Morgan fingerprint density at radius 1 is 1.43 bits per heavy atom. The van der Waals surface area contributed by atoms with Crippen molar-refractivity contribution in [2.75, 3.05) is 13.1 Å². The third-order valence-electron chi connectivity index (χ3n) is 4.17. The van der Waals surface area contributed by atoms with Crippen molar-refractivity contribution in [3.8, 4) is 0 Å². The van der Waals surface area contributed by atoms with Crippen LogP contribution in [0.5, 0.6) is 0 Å². The van der Waals surface area contributed by atoms with Gasteiger partial charge in [-0.1, -0.05) is 13.8 Å². The molecule has 2 rings (SSSR count). The van der Waals surface area contributed by atoms with E-state index in [2.05, 4.69) is 30.6 Å². The lowest BCUT2D eigenvalue weighted by Gasteiger charge is -2.15. The van der Waals surface area contributed by atoms with Crippen molar-refractivity contribution in [2.45, 2.75) is 59.6 Å². The Bertz CT molecular complexity index is 508. The summed E-state index contributed by atoms with van der Waals surface area (Å²) in [5.41, 5.74) is 3.40. The third kappa shape index (κ3) is 3.84. The van der Waals surface area contributed by atoms with Gasteiger partial charge in [0, 0.05) is 31.7 Å². The Kier molecular flexibility index (Phi) is 5.04. The molecule has 5 heteroatoms. The van der Waals surface area contributed by atoms with Crippen molar-refractivity contribution < 1.29 is 9.90 Å². The Hall–Kier alpha value is -1.36. The Morgan fingerprint density at radius 3 is 2.71 bits per heavy atom. The molecule has 118 valence electrons. The van der Waals surface area contributed by atoms with Crippen LogP contribution in [0.1, 0.15) is 43.6 Å². The number of rotatable bonds is 5. The van der Waals surface area contributed by atoms with E-state index in [9.17, 15) is 9.90 Å². The maximum atomic E-state index is 12.2. The van der Waals surface area contributed by atoms with E-state index in [-0.39, 0.29) is 12.0 Å². The second-order valence-electron chi connectivity index (χ2n) is 6.51. The number of carbonyl (C=O) groups is 1. The molecule has 0 bridgehead atoms. The minimum atomic E-state index is -0.341. The molecule has 1 fully saturated rings. The first-order valence-electron chi connectivity index (χ1n) is 7.87. The van der Waals surface area contributed by atoms with Gasteiger partial charge in [-0.2, -0.15) is 5.10 Å². The zero-order chi connectivity index (χ0) is 15.6. The predicted molar refractivity (Wildman–Crippen MR) is 82.1 cm³/mol. The molecule has 1 aromatic heterocycles. The fraction of sp³-hybridized carbons (Fsp3) is 0.750. The van der Waals surface area contributed by atoms with Crippen LogP contribution < -0.4 is 0 Å². The molecule has 0 spiro atoms. The van der Waals surface area contributed by atoms with Crippen LogP contribution in [0, 0.1) is 19.8 Å². The Balaban J connectivity index is 1.97. The number of carbonyl (C=O) groups excluding carboxylic acids is 1. The topological polar surface area (TPSA) is 58.4 Å². The SMILES string of the molecule is Cc1nn(CC(C)C)c(C)c1CCC(=O)N1CC[C@@H](O)C1. The van der Waals surface area contributed by atoms with Crippen LogP contribution in [-0.4, -0.2) is 44.9 Å². The van der Waals surface area contributed by atoms with Gasteiger partial charge >= 0.3 is 0 Å². The average Bonchev–Trinajstić information content (AvgIpc) is 2.93. The molecule has 1 aromatic rings. The maximum absolute atomic E-state index is 12.2. The van der Waals surface area contributed by atoms with Gasteiger partial charge in [0.15, 0.2) is 0 Å². The standard InChI is InChI=1S/C16H27N3O2/c1-11(2)9-19-13(4)15(12(3)17-19)5-6-16(21)18-8-7-14(20)10-18/h11,14,20H,5-10H2,1-4H3/t14-/m1/s1. The number of aromatic nitrogens is 2. The first kappa shape index (κ1) is 16.0. The lowest BCUT2D eigenvalue weighted by atomic mass is 10.1. The molecule has 1 N–H and O–H groups in total. The van der Waals surface area contributed by atoms with Crippen LogP contribution in [0.4, 0.5) is 0 Å². The lowest BCUT2D eigenvalue weighted by molar-refractivity contribution is -0.130. The first-order valence-corrected chi connectivity index (χ1v) is 7.87. The van der Waals surface area contributed by atoms with Gasteiger partial charge in [-0.3, -0.25) is 9.48 Å². The molecular weight excluding hydrogens is 266 g/mol. The Labute approximate surface area is 126 Å². The number of hydrogen-bond donors (Lipinski definition) is 1. The average molecular weight is 293 g/mol. The molecule has 1 aliphatic rings. The van der Waals surface area contributed by atoms with Crippen molar-refractivity contribution in [1.82, 2.24) is 14.7 Å². The molecule has 0 saturated carbocycles. The predicted octanol–water partition coefficient (Wildman–Crippen LogP) is 1.68. The molecule has 1 amide bonds. The fourth-order valence-corrected chi connectivity index (χ4v) is 2.98. The van der Waals surface area contributed by atoms with E-state index in [0.29, 0.717) is 31.8 Å². The summed E-state index contributed by atoms with van der Waals surface area (Å²) in [5, 5.41) is 14.1. The quantitative estimate of drug-likeness (QED) is 0.898. The number of aliphatic hydroxyl groups excluding tert-OH is 1. The van der Waals surface area contributed by atoms with Crippen molar-refractivity contribution in [2.24, 2.45) is 5.92 Å². The lowest BCUT2D eigenvalue weighted by Crippen LogP contribution is -2.29. The number of hydrogen-bond acceptors (Lipinski definition) is 3. The molecule has 0 aliphatic carbocycles. The molecule has 0 aromatic carbocycles. The normalized spacial score (nSPS) is 18.8. The minimum Gasteiger partial charge on any atom is -0.391 e. The molecule has 5 nitrogen and oxygen atoms in total. The van der Waals surface area contributed by atoms with Crippen LogP contribution in [0.15, 0.2) is 0 Å². The number of nitrogens with zero attached hydrogens (tertiary/aromatic N) is 3. The highest BCUT2D eigenvalue weighted by atomic mass is 16.3. The van der Waals surface area contributed by atoms with E-state index in [0.717, 1.165) is 18.7 Å². The largest absolute Gasteiger partial charge is 0.391 e. The van der Waals surface area contributed by atoms with E-state index >= 15 is 0 Å². The maximum Gasteiger partial charge on any atom is 0.222 e. The van der Waals surface area contributed by atoms with Gasteiger partial charge in [-0.15, -0.1) is 0 Å². The van der Waals surface area contributed by atoms with Crippen molar-refractivity contribution in [3.63, 3.8) is 0 Å². The van der Waals surface area contributed by atoms with Gasteiger partial charge in [0.05, 0.1) is 11.8 Å².